The molecule has 0 aromatic carbocycles. The monoisotopic (exact) mass is 211 g/mol. The number of likely N-dealkylation sites (N-methyl/N-ethyl adjacent to an activating group) is 1. The molecule has 0 aliphatic heterocycles. The van der Waals surface area contributed by atoms with Gasteiger partial charge >= 0.3 is 0 Å². The Morgan fingerprint density at radius 2 is 2.07 bits per heavy atom. The largest absolute Gasteiger partial charge is 0.489 e. The molecular weight excluding hydrogens is 190 g/mol. The lowest BCUT2D eigenvalue weighted by Crippen LogP contribution is -2.27. The third kappa shape index (κ3) is 3.91. The van der Waals surface area contributed by atoms with Gasteiger partial charge in [-0.15, -0.1) is 0 Å². The Hall–Kier alpha value is -1.03. The van der Waals surface area contributed by atoms with Crippen molar-refractivity contribution < 1.29 is 4.74 Å². The van der Waals surface area contributed by atoms with Gasteiger partial charge in [0.1, 0.15) is 6.61 Å². The van der Waals surface area contributed by atoms with Crippen LogP contribution in [0.2, 0.25) is 0 Å². The SMILES string of the molecule is CCN(CC)CCOc1cnn(CC)c1. The molecule has 0 amide bonds. The summed E-state index contributed by atoms with van der Waals surface area (Å²) < 4.78 is 7.47. The van der Waals surface area contributed by atoms with Crippen LogP contribution in [0.5, 0.6) is 5.75 Å². The van der Waals surface area contributed by atoms with Crippen LogP contribution in [0, 0.1) is 0 Å². The molecule has 4 nitrogen and oxygen atoms in total. The Bertz CT molecular complexity index is 269. The van der Waals surface area contributed by atoms with Gasteiger partial charge in [0.2, 0.25) is 0 Å². The topological polar surface area (TPSA) is 30.3 Å². The van der Waals surface area contributed by atoms with Crippen LogP contribution in [0.1, 0.15) is 20.8 Å². The van der Waals surface area contributed by atoms with Crippen LogP contribution >= 0.6 is 0 Å². The molecule has 0 fully saturated rings. The van der Waals surface area contributed by atoms with Crippen LogP contribution < -0.4 is 4.74 Å². The lowest BCUT2D eigenvalue weighted by atomic mass is 10.5. The van der Waals surface area contributed by atoms with Crippen molar-refractivity contribution >= 4 is 0 Å². The molecule has 0 saturated heterocycles. The van der Waals surface area contributed by atoms with Crippen molar-refractivity contribution in [2.75, 3.05) is 26.2 Å². The smallest absolute Gasteiger partial charge is 0.157 e. The molecule has 0 saturated carbocycles. The second-order valence-corrected chi connectivity index (χ2v) is 3.41. The summed E-state index contributed by atoms with van der Waals surface area (Å²) in [4.78, 5) is 2.34. The highest BCUT2D eigenvalue weighted by Crippen LogP contribution is 2.07. The van der Waals surface area contributed by atoms with E-state index in [4.69, 9.17) is 4.74 Å². The maximum atomic E-state index is 5.60. The summed E-state index contributed by atoms with van der Waals surface area (Å²) >= 11 is 0. The van der Waals surface area contributed by atoms with Gasteiger partial charge in [-0.1, -0.05) is 13.8 Å². The summed E-state index contributed by atoms with van der Waals surface area (Å²) in [6.45, 7) is 11.1. The zero-order valence-electron chi connectivity index (χ0n) is 9.94. The van der Waals surface area contributed by atoms with Crippen LogP contribution in [0.15, 0.2) is 12.4 Å². The predicted molar refractivity (Wildman–Crippen MR) is 61.2 cm³/mol. The highest BCUT2D eigenvalue weighted by molar-refractivity contribution is 5.11. The molecule has 0 bridgehead atoms. The fourth-order valence-corrected chi connectivity index (χ4v) is 1.42. The van der Waals surface area contributed by atoms with Crippen molar-refractivity contribution in [3.05, 3.63) is 12.4 Å². The van der Waals surface area contributed by atoms with E-state index in [1.807, 2.05) is 10.9 Å². The summed E-state index contributed by atoms with van der Waals surface area (Å²) in [6.07, 6.45) is 3.70. The average molecular weight is 211 g/mol. The highest BCUT2D eigenvalue weighted by atomic mass is 16.5. The van der Waals surface area contributed by atoms with Crippen molar-refractivity contribution in [1.82, 2.24) is 14.7 Å². The third-order valence-corrected chi connectivity index (χ3v) is 2.50. The first-order valence-corrected chi connectivity index (χ1v) is 5.67. The minimum atomic E-state index is 0.733. The molecule has 0 N–H and O–H groups in total. The first kappa shape index (κ1) is 12.0. The fourth-order valence-electron chi connectivity index (χ4n) is 1.42. The number of aromatic nitrogens is 2. The predicted octanol–water partition coefficient (Wildman–Crippen LogP) is 1.62. The van der Waals surface area contributed by atoms with Gasteiger partial charge in [-0.25, -0.2) is 0 Å². The summed E-state index contributed by atoms with van der Waals surface area (Å²) in [5, 5.41) is 4.15. The van der Waals surface area contributed by atoms with Crippen molar-refractivity contribution in [3.8, 4) is 5.75 Å². The lowest BCUT2D eigenvalue weighted by Gasteiger charge is -2.17. The quantitative estimate of drug-likeness (QED) is 0.686. The fraction of sp³-hybridized carbons (Fsp3) is 0.727. The second kappa shape index (κ2) is 6.45. The van der Waals surface area contributed by atoms with Crippen LogP contribution in [-0.4, -0.2) is 40.9 Å². The number of ether oxygens (including phenoxy) is 1. The van der Waals surface area contributed by atoms with Gasteiger partial charge in [0, 0.05) is 13.1 Å². The van der Waals surface area contributed by atoms with Crippen molar-refractivity contribution in [3.63, 3.8) is 0 Å². The Morgan fingerprint density at radius 3 is 2.60 bits per heavy atom. The van der Waals surface area contributed by atoms with Crippen LogP contribution in [-0.2, 0) is 6.54 Å². The summed E-state index contributed by atoms with van der Waals surface area (Å²) in [5.41, 5.74) is 0. The number of nitrogens with zero attached hydrogens (tertiary/aromatic N) is 3. The van der Waals surface area contributed by atoms with Gasteiger partial charge < -0.3 is 9.64 Å². The van der Waals surface area contributed by atoms with E-state index in [2.05, 4.69) is 30.8 Å². The highest BCUT2D eigenvalue weighted by Gasteiger charge is 2.01. The number of hydrogen-bond acceptors (Lipinski definition) is 3. The molecule has 0 unspecified atom stereocenters. The zero-order chi connectivity index (χ0) is 11.1. The van der Waals surface area contributed by atoms with Crippen LogP contribution in [0.4, 0.5) is 0 Å². The average Bonchev–Trinajstić information content (AvgIpc) is 2.72. The molecule has 1 aromatic heterocycles. The van der Waals surface area contributed by atoms with E-state index in [0.29, 0.717) is 0 Å². The molecule has 1 aromatic rings. The number of aryl methyl sites for hydroxylation is 1. The zero-order valence-corrected chi connectivity index (χ0v) is 9.94. The molecule has 0 aliphatic carbocycles. The molecule has 4 heteroatoms. The van der Waals surface area contributed by atoms with Crippen molar-refractivity contribution in [1.29, 1.82) is 0 Å². The van der Waals surface area contributed by atoms with Crippen molar-refractivity contribution in [2.45, 2.75) is 27.3 Å². The van der Waals surface area contributed by atoms with E-state index in [1.54, 1.807) is 6.20 Å². The Kier molecular flexibility index (Phi) is 5.18. The van der Waals surface area contributed by atoms with Gasteiger partial charge in [-0.3, -0.25) is 4.68 Å². The first-order chi connectivity index (χ1) is 7.30. The lowest BCUT2D eigenvalue weighted by molar-refractivity contribution is 0.222. The van der Waals surface area contributed by atoms with Gasteiger partial charge in [-0.05, 0) is 20.0 Å². The van der Waals surface area contributed by atoms with E-state index in [9.17, 15) is 0 Å². The standard InChI is InChI=1S/C11H21N3O/c1-4-13(5-2)7-8-15-11-9-12-14(6-3)10-11/h9-10H,4-8H2,1-3H3. The van der Waals surface area contributed by atoms with Gasteiger partial charge in [0.15, 0.2) is 5.75 Å². The van der Waals surface area contributed by atoms with Crippen LogP contribution in [0.25, 0.3) is 0 Å². The number of rotatable bonds is 7. The summed E-state index contributed by atoms with van der Waals surface area (Å²) in [5.74, 6) is 0.865. The van der Waals surface area contributed by atoms with Gasteiger partial charge in [0.25, 0.3) is 0 Å². The molecule has 0 aliphatic rings. The molecule has 15 heavy (non-hydrogen) atoms. The molecule has 0 radical (unpaired) electrons. The van der Waals surface area contributed by atoms with Crippen molar-refractivity contribution in [2.24, 2.45) is 0 Å². The minimum absolute atomic E-state index is 0.733. The second-order valence-electron chi connectivity index (χ2n) is 3.41. The van der Waals surface area contributed by atoms with E-state index in [0.717, 1.165) is 38.5 Å². The molecular formula is C11H21N3O. The van der Waals surface area contributed by atoms with Gasteiger partial charge in [-0.2, -0.15) is 5.10 Å². The summed E-state index contributed by atoms with van der Waals surface area (Å²) in [6, 6.07) is 0. The normalized spacial score (nSPS) is 10.9. The molecule has 86 valence electrons. The van der Waals surface area contributed by atoms with Gasteiger partial charge in [0.05, 0.1) is 12.4 Å². The third-order valence-electron chi connectivity index (χ3n) is 2.50. The van der Waals surface area contributed by atoms with E-state index in [-0.39, 0.29) is 0 Å². The van der Waals surface area contributed by atoms with E-state index < -0.39 is 0 Å². The molecule has 0 atom stereocenters. The Labute approximate surface area is 91.8 Å². The minimum Gasteiger partial charge on any atom is -0.489 e. The summed E-state index contributed by atoms with van der Waals surface area (Å²) in [7, 11) is 0. The Morgan fingerprint density at radius 1 is 1.33 bits per heavy atom. The first-order valence-electron chi connectivity index (χ1n) is 5.67. The molecule has 1 rings (SSSR count). The Balaban J connectivity index is 2.25. The van der Waals surface area contributed by atoms with E-state index >= 15 is 0 Å². The van der Waals surface area contributed by atoms with E-state index in [1.165, 1.54) is 0 Å². The van der Waals surface area contributed by atoms with Crippen LogP contribution in [0.3, 0.4) is 0 Å². The number of hydrogen-bond donors (Lipinski definition) is 0. The maximum Gasteiger partial charge on any atom is 0.157 e. The maximum absolute atomic E-state index is 5.60. The molecule has 0 spiro atoms. The molecule has 1 heterocycles.